The van der Waals surface area contributed by atoms with Crippen molar-refractivity contribution in [2.24, 2.45) is 10.7 Å². The molecule has 1 atom stereocenters. The van der Waals surface area contributed by atoms with Gasteiger partial charge in [-0.2, -0.15) is 0 Å². The van der Waals surface area contributed by atoms with Crippen molar-refractivity contribution in [2.75, 3.05) is 26.6 Å². The summed E-state index contributed by atoms with van der Waals surface area (Å²) in [6.45, 7) is 0. The van der Waals surface area contributed by atoms with E-state index in [9.17, 15) is 4.79 Å². The summed E-state index contributed by atoms with van der Waals surface area (Å²) in [7, 11) is 4.77. The van der Waals surface area contributed by atoms with Gasteiger partial charge in [-0.05, 0) is 29.6 Å². The van der Waals surface area contributed by atoms with E-state index in [1.807, 2.05) is 41.8 Å². The highest BCUT2D eigenvalue weighted by molar-refractivity contribution is 7.11. The van der Waals surface area contributed by atoms with Crippen molar-refractivity contribution >= 4 is 34.6 Å². The van der Waals surface area contributed by atoms with Crippen molar-refractivity contribution in [3.8, 4) is 11.6 Å². The van der Waals surface area contributed by atoms with Gasteiger partial charge in [0.1, 0.15) is 11.8 Å². The highest BCUT2D eigenvalue weighted by Gasteiger charge is 2.26. The minimum atomic E-state index is -0.772. The summed E-state index contributed by atoms with van der Waals surface area (Å²) in [5.74, 6) is 0.834. The van der Waals surface area contributed by atoms with Crippen LogP contribution < -0.4 is 20.5 Å². The molecule has 0 saturated heterocycles. The Morgan fingerprint density at radius 2 is 2.03 bits per heavy atom. The van der Waals surface area contributed by atoms with Gasteiger partial charge in [0, 0.05) is 53.3 Å². The second-order valence-electron chi connectivity index (χ2n) is 6.50. The number of thiophene rings is 1. The molecule has 2 heterocycles. The van der Waals surface area contributed by atoms with E-state index in [-0.39, 0.29) is 11.5 Å². The maximum atomic E-state index is 13.6. The van der Waals surface area contributed by atoms with E-state index >= 15 is 0 Å². The third kappa shape index (κ3) is 5.29. The summed E-state index contributed by atoms with van der Waals surface area (Å²) in [4.78, 5) is 22.8. The third-order valence-electron chi connectivity index (χ3n) is 4.55. The zero-order valence-electron chi connectivity index (χ0n) is 17.5. The van der Waals surface area contributed by atoms with Gasteiger partial charge >= 0.3 is 0 Å². The van der Waals surface area contributed by atoms with Crippen LogP contribution in [0.4, 0.5) is 5.69 Å². The summed E-state index contributed by atoms with van der Waals surface area (Å²) in [6.07, 6.45) is 3.20. The molecule has 31 heavy (non-hydrogen) atoms. The van der Waals surface area contributed by atoms with Crippen molar-refractivity contribution in [3.63, 3.8) is 0 Å². The molecule has 7 nitrogen and oxygen atoms in total. The number of ether oxygens (including phenoxy) is 2. The molecule has 0 aliphatic rings. The van der Waals surface area contributed by atoms with Crippen LogP contribution >= 0.6 is 11.3 Å². The van der Waals surface area contributed by atoms with Gasteiger partial charge in [-0.15, -0.1) is 11.3 Å². The number of carbonyl (C=O) groups excluding carboxylic acids is 1. The number of anilines is 1. The lowest BCUT2D eigenvalue weighted by atomic mass is 9.99. The van der Waals surface area contributed by atoms with E-state index in [1.165, 1.54) is 18.4 Å². The summed E-state index contributed by atoms with van der Waals surface area (Å²) >= 11 is 1.49. The van der Waals surface area contributed by atoms with Crippen molar-refractivity contribution in [2.45, 2.75) is 6.04 Å². The average molecular weight is 437 g/mol. The molecule has 8 heteroatoms. The summed E-state index contributed by atoms with van der Waals surface area (Å²) < 4.78 is 10.4. The second kappa shape index (κ2) is 10.4. The van der Waals surface area contributed by atoms with Gasteiger partial charge in [0.05, 0.1) is 19.9 Å². The maximum Gasteiger partial charge on any atom is 0.212 e. The molecule has 0 bridgehead atoms. The summed E-state index contributed by atoms with van der Waals surface area (Å²) in [5, 5.41) is 5.19. The van der Waals surface area contributed by atoms with Crippen LogP contribution in [0.3, 0.4) is 0 Å². The first-order chi connectivity index (χ1) is 15.1. The normalized spacial score (nSPS) is 12.9. The molecule has 0 spiro atoms. The van der Waals surface area contributed by atoms with E-state index in [0.29, 0.717) is 28.5 Å². The molecular formula is C23H24N4O3S. The third-order valence-corrected chi connectivity index (χ3v) is 5.45. The van der Waals surface area contributed by atoms with Crippen molar-refractivity contribution in [1.29, 1.82) is 0 Å². The number of nitrogens with one attached hydrogen (secondary N) is 1. The zero-order chi connectivity index (χ0) is 22.2. The number of hydrogen-bond acceptors (Lipinski definition) is 8. The van der Waals surface area contributed by atoms with Crippen LogP contribution in [0.2, 0.25) is 0 Å². The van der Waals surface area contributed by atoms with Crippen LogP contribution in [-0.4, -0.2) is 38.2 Å². The first kappa shape index (κ1) is 22.0. The number of Topliss-reactive ketones (excluding diaryl/α,β-unsaturated/α-hetero) is 1. The Morgan fingerprint density at radius 1 is 1.19 bits per heavy atom. The number of rotatable bonds is 9. The lowest BCUT2D eigenvalue weighted by molar-refractivity contribution is -0.116. The Bertz CT molecular complexity index is 1080. The summed E-state index contributed by atoms with van der Waals surface area (Å²) in [5.41, 5.74) is 8.44. The number of nitrogens with zero attached hydrogens (tertiary/aromatic N) is 2. The highest BCUT2D eigenvalue weighted by atomic mass is 32.1. The fourth-order valence-electron chi connectivity index (χ4n) is 2.98. The Kier molecular flexibility index (Phi) is 7.40. The van der Waals surface area contributed by atoms with Gasteiger partial charge in [0.25, 0.3) is 0 Å². The molecule has 0 fully saturated rings. The maximum absolute atomic E-state index is 13.6. The van der Waals surface area contributed by atoms with Gasteiger partial charge in [-0.3, -0.25) is 9.79 Å². The van der Waals surface area contributed by atoms with E-state index in [4.69, 9.17) is 15.2 Å². The van der Waals surface area contributed by atoms with E-state index < -0.39 is 6.04 Å². The molecule has 160 valence electrons. The first-order valence-electron chi connectivity index (χ1n) is 9.48. The Morgan fingerprint density at radius 3 is 2.65 bits per heavy atom. The molecular weight excluding hydrogens is 412 g/mol. The number of pyridine rings is 1. The van der Waals surface area contributed by atoms with Crippen molar-refractivity contribution < 1.29 is 14.3 Å². The molecule has 3 N–H and O–H groups in total. The monoisotopic (exact) mass is 436 g/mol. The van der Waals surface area contributed by atoms with E-state index in [0.717, 1.165) is 4.88 Å². The van der Waals surface area contributed by atoms with Gasteiger partial charge in [-0.25, -0.2) is 4.98 Å². The van der Waals surface area contributed by atoms with Crippen LogP contribution in [0, 0.1) is 0 Å². The second-order valence-corrected chi connectivity index (χ2v) is 7.45. The SMILES string of the molecule is CN=CC(=C(N)C(=O)C(Nc1cccc(OC)c1)c1ccc(OC)nc1)c1cccs1. The van der Waals surface area contributed by atoms with E-state index in [1.54, 1.807) is 38.7 Å². The molecule has 0 aliphatic heterocycles. The Labute approximate surface area is 185 Å². The molecule has 0 radical (unpaired) electrons. The molecule has 1 aromatic carbocycles. The molecule has 0 saturated carbocycles. The predicted octanol–water partition coefficient (Wildman–Crippen LogP) is 3.95. The number of carbonyl (C=O) groups is 1. The number of benzene rings is 1. The van der Waals surface area contributed by atoms with Gasteiger partial charge in [-0.1, -0.05) is 12.1 Å². The Hall–Kier alpha value is -3.65. The number of aliphatic imine (C=N–C) groups is 1. The van der Waals surface area contributed by atoms with Gasteiger partial charge in [0.2, 0.25) is 11.7 Å². The Balaban J connectivity index is 2.05. The molecule has 0 aliphatic carbocycles. The van der Waals surface area contributed by atoms with Crippen LogP contribution in [0.15, 0.2) is 70.8 Å². The lowest BCUT2D eigenvalue weighted by Crippen LogP contribution is -2.27. The fraction of sp³-hybridized carbons (Fsp3) is 0.174. The number of hydrogen-bond donors (Lipinski definition) is 2. The van der Waals surface area contributed by atoms with Crippen LogP contribution in [-0.2, 0) is 4.79 Å². The first-order valence-corrected chi connectivity index (χ1v) is 10.4. The van der Waals surface area contributed by atoms with Crippen LogP contribution in [0.5, 0.6) is 11.6 Å². The standard InChI is InChI=1S/C23H24N4O3S/c1-25-14-18(19-8-5-11-31-19)21(24)23(28)22(15-9-10-20(30-3)26-13-15)27-16-6-4-7-17(12-16)29-2/h4-14,22,27H,24H2,1-3H3. The largest absolute Gasteiger partial charge is 0.497 e. The lowest BCUT2D eigenvalue weighted by Gasteiger charge is -2.20. The minimum Gasteiger partial charge on any atom is -0.497 e. The minimum absolute atomic E-state index is 0.115. The smallest absolute Gasteiger partial charge is 0.212 e. The quantitative estimate of drug-likeness (QED) is 0.389. The van der Waals surface area contributed by atoms with Crippen LogP contribution in [0.25, 0.3) is 5.57 Å². The van der Waals surface area contributed by atoms with E-state index in [2.05, 4.69) is 15.3 Å². The predicted molar refractivity (Wildman–Crippen MR) is 125 cm³/mol. The number of allylic oxidation sites excluding steroid dienone is 1. The number of methoxy groups -OCH3 is 2. The molecule has 1 unspecified atom stereocenters. The molecule has 0 amide bonds. The van der Waals surface area contributed by atoms with Crippen molar-refractivity contribution in [3.05, 3.63) is 76.2 Å². The van der Waals surface area contributed by atoms with Gasteiger partial charge < -0.3 is 20.5 Å². The van der Waals surface area contributed by atoms with Crippen molar-refractivity contribution in [1.82, 2.24) is 4.98 Å². The summed E-state index contributed by atoms with van der Waals surface area (Å²) in [6, 6.07) is 13.9. The fourth-order valence-corrected chi connectivity index (χ4v) is 3.73. The molecule has 2 aromatic heterocycles. The zero-order valence-corrected chi connectivity index (χ0v) is 18.3. The number of ketones is 1. The van der Waals surface area contributed by atoms with Crippen LogP contribution in [0.1, 0.15) is 16.5 Å². The number of aromatic nitrogens is 1. The highest BCUT2D eigenvalue weighted by Crippen LogP contribution is 2.28. The number of nitrogens with two attached hydrogens (primary N) is 1. The molecule has 3 rings (SSSR count). The molecule has 3 aromatic rings. The topological polar surface area (TPSA) is 98.8 Å². The van der Waals surface area contributed by atoms with Gasteiger partial charge in [0.15, 0.2) is 0 Å². The average Bonchev–Trinajstić information content (AvgIpc) is 3.35.